The van der Waals surface area contributed by atoms with Gasteiger partial charge in [-0.05, 0) is 30.0 Å². The summed E-state index contributed by atoms with van der Waals surface area (Å²) in [5.41, 5.74) is 11.8. The van der Waals surface area contributed by atoms with E-state index in [1.807, 2.05) is 0 Å². The van der Waals surface area contributed by atoms with Gasteiger partial charge in [-0.25, -0.2) is 4.98 Å². The van der Waals surface area contributed by atoms with Gasteiger partial charge in [0.05, 0.1) is 18.0 Å². The Hall–Kier alpha value is -2.91. The van der Waals surface area contributed by atoms with E-state index >= 15 is 0 Å². The second-order valence-corrected chi connectivity index (χ2v) is 8.18. The average molecular weight is 421 g/mol. The second kappa shape index (κ2) is 9.07. The minimum Gasteiger partial charge on any atom is -0.375 e. The molecule has 31 heavy (non-hydrogen) atoms. The van der Waals surface area contributed by atoms with Crippen LogP contribution in [-0.4, -0.2) is 73.1 Å². The molecule has 0 amide bonds. The van der Waals surface area contributed by atoms with Gasteiger partial charge in [0.1, 0.15) is 12.4 Å². The minimum absolute atomic E-state index is 0.359. The lowest BCUT2D eigenvalue weighted by Gasteiger charge is -2.37. The zero-order chi connectivity index (χ0) is 21.0. The first-order valence-electron chi connectivity index (χ1n) is 11.0. The van der Waals surface area contributed by atoms with Gasteiger partial charge < -0.3 is 15.4 Å². The maximum atomic E-state index is 6.12. The summed E-state index contributed by atoms with van der Waals surface area (Å²) in [7, 11) is 0. The fourth-order valence-electron chi connectivity index (χ4n) is 4.51. The van der Waals surface area contributed by atoms with E-state index in [4.69, 9.17) is 10.5 Å². The molecule has 0 saturated carbocycles. The zero-order valence-electron chi connectivity index (χ0n) is 17.7. The lowest BCUT2D eigenvalue weighted by molar-refractivity contribution is 0.149. The lowest BCUT2D eigenvalue weighted by atomic mass is 9.89. The molecular weight excluding hydrogens is 392 g/mol. The molecular formula is C22H28N8O. The highest BCUT2D eigenvalue weighted by atomic mass is 16.5. The molecule has 1 aromatic carbocycles. The van der Waals surface area contributed by atoms with Crippen LogP contribution in [0.25, 0.3) is 11.3 Å². The number of nitrogens with two attached hydrogens (primary N) is 1. The van der Waals surface area contributed by atoms with E-state index in [9.17, 15) is 0 Å². The monoisotopic (exact) mass is 420 g/mol. The molecule has 5 rings (SSSR count). The number of ether oxygens (including phenoxy) is 1. The lowest BCUT2D eigenvalue weighted by Crippen LogP contribution is -2.47. The van der Waals surface area contributed by atoms with E-state index in [0.717, 1.165) is 75.8 Å². The van der Waals surface area contributed by atoms with Gasteiger partial charge in [0, 0.05) is 50.5 Å². The molecule has 1 aliphatic carbocycles. The maximum absolute atomic E-state index is 6.12. The van der Waals surface area contributed by atoms with Crippen molar-refractivity contribution >= 4 is 17.5 Å². The van der Waals surface area contributed by atoms with Gasteiger partial charge in [-0.15, -0.1) is 5.10 Å². The number of hydrogen-bond acceptors (Lipinski definition) is 9. The fraction of sp³-hybridized carbons (Fsp3) is 0.500. The number of nitrogens with zero attached hydrogens (tertiary/aromatic N) is 7. The molecule has 2 aromatic rings. The quantitative estimate of drug-likeness (QED) is 0.689. The Morgan fingerprint density at radius 2 is 1.90 bits per heavy atom. The molecule has 0 radical (unpaired) electrons. The highest BCUT2D eigenvalue weighted by Crippen LogP contribution is 2.37. The van der Waals surface area contributed by atoms with Gasteiger partial charge in [-0.2, -0.15) is 10.1 Å². The Balaban J connectivity index is 1.16. The molecule has 1 aromatic heterocycles. The normalized spacial score (nSPS) is 18.1. The Morgan fingerprint density at radius 3 is 2.74 bits per heavy atom. The van der Waals surface area contributed by atoms with Crippen molar-refractivity contribution in [1.29, 1.82) is 0 Å². The summed E-state index contributed by atoms with van der Waals surface area (Å²) >= 11 is 0. The van der Waals surface area contributed by atoms with Crippen LogP contribution in [0.1, 0.15) is 17.5 Å². The highest BCUT2D eigenvalue weighted by molar-refractivity contribution is 5.88. The number of benzene rings is 1. The number of hydrogen-bond donors (Lipinski definition) is 1. The summed E-state index contributed by atoms with van der Waals surface area (Å²) in [6.07, 6.45) is 3.00. The summed E-state index contributed by atoms with van der Waals surface area (Å²) < 4.78 is 5.68. The predicted octanol–water partition coefficient (Wildman–Crippen LogP) is 2.17. The molecule has 0 spiro atoms. The van der Waals surface area contributed by atoms with Gasteiger partial charge in [-0.3, -0.25) is 4.90 Å². The number of nitrogen functional groups attached to an aromatic ring is 1. The smallest absolute Gasteiger partial charge is 0.222 e. The zero-order valence-corrected chi connectivity index (χ0v) is 17.7. The van der Waals surface area contributed by atoms with E-state index in [1.54, 1.807) is 0 Å². The van der Waals surface area contributed by atoms with E-state index in [2.05, 4.69) is 59.5 Å². The number of aryl methyl sites for hydroxylation is 1. The third kappa shape index (κ3) is 4.42. The van der Waals surface area contributed by atoms with Crippen LogP contribution in [0.3, 0.4) is 0 Å². The van der Waals surface area contributed by atoms with Gasteiger partial charge in [0.2, 0.25) is 5.95 Å². The highest BCUT2D eigenvalue weighted by Gasteiger charge is 2.26. The molecule has 1 saturated heterocycles. The number of piperazine rings is 1. The summed E-state index contributed by atoms with van der Waals surface area (Å²) in [5.74, 6) is 1.38. The van der Waals surface area contributed by atoms with E-state index in [0.29, 0.717) is 19.1 Å². The van der Waals surface area contributed by atoms with Crippen LogP contribution in [0, 0.1) is 0 Å². The van der Waals surface area contributed by atoms with Crippen LogP contribution in [-0.2, 0) is 17.6 Å². The van der Waals surface area contributed by atoms with Crippen LogP contribution in [0.4, 0.5) is 11.8 Å². The number of aromatic nitrogens is 2. The number of fused-ring (bicyclic) bond motifs is 3. The molecule has 0 unspecified atom stereocenters. The van der Waals surface area contributed by atoms with Crippen molar-refractivity contribution in [2.45, 2.75) is 19.3 Å². The van der Waals surface area contributed by atoms with Crippen LogP contribution in [0.2, 0.25) is 0 Å². The Morgan fingerprint density at radius 1 is 1.03 bits per heavy atom. The van der Waals surface area contributed by atoms with Crippen molar-refractivity contribution in [2.24, 2.45) is 15.4 Å². The van der Waals surface area contributed by atoms with Gasteiger partial charge in [0.25, 0.3) is 0 Å². The van der Waals surface area contributed by atoms with Crippen molar-refractivity contribution in [1.82, 2.24) is 14.9 Å². The minimum atomic E-state index is 0.359. The number of anilines is 2. The SMILES string of the molecule is Nc1nc2c(c(N3CCN(CCCOCC4=NN=NC4)CC3)n1)CCc1ccccc1-2. The van der Waals surface area contributed by atoms with Crippen molar-refractivity contribution in [3.8, 4) is 11.3 Å². The maximum Gasteiger partial charge on any atom is 0.222 e. The Labute approximate surface area is 182 Å². The van der Waals surface area contributed by atoms with Crippen LogP contribution in [0.5, 0.6) is 0 Å². The van der Waals surface area contributed by atoms with E-state index in [1.165, 1.54) is 16.7 Å². The molecule has 3 aliphatic rings. The average Bonchev–Trinajstić information content (AvgIpc) is 3.32. The molecule has 1 fully saturated rings. The predicted molar refractivity (Wildman–Crippen MR) is 121 cm³/mol. The molecule has 2 N–H and O–H groups in total. The van der Waals surface area contributed by atoms with Gasteiger partial charge >= 0.3 is 0 Å². The van der Waals surface area contributed by atoms with Crippen molar-refractivity contribution < 1.29 is 4.74 Å². The van der Waals surface area contributed by atoms with Crippen LogP contribution in [0.15, 0.2) is 39.7 Å². The summed E-state index contributed by atoms with van der Waals surface area (Å²) in [6.45, 7) is 6.80. The third-order valence-electron chi connectivity index (χ3n) is 6.13. The van der Waals surface area contributed by atoms with Gasteiger partial charge in [-0.1, -0.05) is 24.3 Å². The Kier molecular flexibility index (Phi) is 5.86. The first-order chi connectivity index (χ1) is 15.3. The first-order valence-corrected chi connectivity index (χ1v) is 11.0. The molecule has 3 heterocycles. The van der Waals surface area contributed by atoms with Crippen LogP contribution >= 0.6 is 0 Å². The van der Waals surface area contributed by atoms with Crippen molar-refractivity contribution in [3.63, 3.8) is 0 Å². The standard InChI is InChI=1S/C22H28N8O/c23-22-25-20-18-5-2-1-4-16(18)6-7-19(20)21(26-22)30-11-9-29(10-12-30)8-3-13-31-15-17-14-24-28-27-17/h1-2,4-5H,3,6-15H2,(H2,23,25,26). The summed E-state index contributed by atoms with van der Waals surface area (Å²) in [4.78, 5) is 14.1. The molecule has 9 nitrogen and oxygen atoms in total. The second-order valence-electron chi connectivity index (χ2n) is 8.18. The molecule has 2 aliphatic heterocycles. The van der Waals surface area contributed by atoms with Crippen LogP contribution < -0.4 is 10.6 Å². The molecule has 0 bridgehead atoms. The van der Waals surface area contributed by atoms with Gasteiger partial charge in [0.15, 0.2) is 0 Å². The fourth-order valence-corrected chi connectivity index (χ4v) is 4.51. The van der Waals surface area contributed by atoms with Crippen molar-refractivity contribution in [2.75, 3.05) is 63.1 Å². The summed E-state index contributed by atoms with van der Waals surface area (Å²) in [6, 6.07) is 8.49. The number of rotatable bonds is 7. The molecule has 9 heteroatoms. The molecule has 0 atom stereocenters. The third-order valence-corrected chi connectivity index (χ3v) is 6.13. The summed E-state index contributed by atoms with van der Waals surface area (Å²) in [5, 5.41) is 11.4. The van der Waals surface area contributed by atoms with E-state index in [-0.39, 0.29) is 0 Å². The molecule has 162 valence electrons. The first kappa shape index (κ1) is 20.0. The Bertz CT molecular complexity index is 997. The van der Waals surface area contributed by atoms with E-state index < -0.39 is 0 Å². The van der Waals surface area contributed by atoms with Crippen molar-refractivity contribution in [3.05, 3.63) is 35.4 Å². The topological polar surface area (TPSA) is 105 Å². The largest absolute Gasteiger partial charge is 0.375 e.